The van der Waals surface area contributed by atoms with Crippen molar-refractivity contribution in [1.82, 2.24) is 21.3 Å². The van der Waals surface area contributed by atoms with E-state index in [0.717, 1.165) is 0 Å². The van der Waals surface area contributed by atoms with E-state index in [-0.39, 0.29) is 18.8 Å². The smallest absolute Gasteiger partial charge is 0.243 e. The van der Waals surface area contributed by atoms with Gasteiger partial charge in [0.1, 0.15) is 18.1 Å². The number of carbonyl (C=O) groups is 5. The van der Waals surface area contributed by atoms with Crippen LogP contribution < -0.4 is 44.2 Å². The average molecular weight is 570 g/mol. The first-order valence-electron chi connectivity index (χ1n) is 13.9. The van der Waals surface area contributed by atoms with Gasteiger partial charge < -0.3 is 44.2 Å². The van der Waals surface area contributed by atoms with Crippen LogP contribution in [0.4, 0.5) is 0 Å². The number of unbranched alkanes of at least 4 members (excludes halogenated alkanes) is 2. The molecular formula is C26H49N8O6. The third-order valence-electron chi connectivity index (χ3n) is 6.57. The highest BCUT2D eigenvalue weighted by Crippen LogP contribution is 2.11. The Hall–Kier alpha value is -3.10. The predicted octanol–water partition coefficient (Wildman–Crippen LogP) is -2.05. The fraction of sp³-hybridized carbons (Fsp3) is 0.769. The summed E-state index contributed by atoms with van der Waals surface area (Å²) in [5, 5.41) is 10.3. The van der Waals surface area contributed by atoms with E-state index in [2.05, 4.69) is 21.3 Å². The highest BCUT2D eigenvalue weighted by Gasteiger charge is 2.32. The normalized spacial score (nSPS) is 15.4. The molecule has 1 radical (unpaired) electrons. The Bertz CT molecular complexity index is 827. The maximum atomic E-state index is 13.2. The fourth-order valence-electron chi connectivity index (χ4n) is 3.75. The molecule has 0 spiro atoms. The first kappa shape index (κ1) is 36.9. The van der Waals surface area contributed by atoms with Gasteiger partial charge in [0, 0.05) is 6.42 Å². The number of rotatable bonds is 22. The molecule has 0 bridgehead atoms. The lowest BCUT2D eigenvalue weighted by molar-refractivity contribution is -0.134. The Kier molecular flexibility index (Phi) is 19.1. The summed E-state index contributed by atoms with van der Waals surface area (Å²) < 4.78 is 0. The second-order valence-electron chi connectivity index (χ2n) is 10.0. The second kappa shape index (κ2) is 20.8. The molecule has 0 aromatic rings. The molecule has 2 unspecified atom stereocenters. The van der Waals surface area contributed by atoms with E-state index >= 15 is 0 Å². The summed E-state index contributed by atoms with van der Waals surface area (Å²) in [5.74, 6) is -3.52. The number of nitrogens with two attached hydrogens (primary N) is 4. The molecule has 0 saturated carbocycles. The number of amides is 5. The number of primary amides is 1. The number of hydrogen-bond acceptors (Lipinski definition) is 9. The molecule has 0 saturated heterocycles. The van der Waals surface area contributed by atoms with Crippen molar-refractivity contribution in [2.45, 2.75) is 109 Å². The van der Waals surface area contributed by atoms with E-state index in [1.54, 1.807) is 13.2 Å². The molecule has 0 aliphatic heterocycles. The third-order valence-corrected chi connectivity index (χ3v) is 6.57. The van der Waals surface area contributed by atoms with Crippen LogP contribution in [0.1, 0.15) is 78.6 Å². The standard InChI is InChI=1S/C26H49N8O6/c1-4-16(2)22(26(40)32-18(15-35)9-5-7-13-27)34-25(39)20(11-12-21(30)36)33-23(37)17(3)31-24(38)19(29)10-6-8-14-28/h16-20,22H,4-14,27-29H2,1-3H3,(H2,30,36)(H,31,38)(H,32,40)(H,33,37)(H,34,39)/t16?,17-,18-,19?,20-,22-/m0/s1. The van der Waals surface area contributed by atoms with Crippen LogP contribution in [0, 0.1) is 5.92 Å². The van der Waals surface area contributed by atoms with E-state index < -0.39 is 59.7 Å². The van der Waals surface area contributed by atoms with E-state index in [9.17, 15) is 28.8 Å². The van der Waals surface area contributed by atoms with E-state index in [4.69, 9.17) is 22.9 Å². The lowest BCUT2D eigenvalue weighted by Crippen LogP contribution is -2.59. The Morgan fingerprint density at radius 2 is 1.35 bits per heavy atom. The van der Waals surface area contributed by atoms with Crippen molar-refractivity contribution in [2.75, 3.05) is 13.1 Å². The van der Waals surface area contributed by atoms with Crippen LogP contribution in [-0.4, -0.2) is 79.1 Å². The molecule has 0 heterocycles. The van der Waals surface area contributed by atoms with Crippen molar-refractivity contribution in [3.63, 3.8) is 0 Å². The zero-order valence-corrected chi connectivity index (χ0v) is 24.0. The quantitative estimate of drug-likeness (QED) is 0.0667. The first-order chi connectivity index (χ1) is 18.9. The van der Waals surface area contributed by atoms with Gasteiger partial charge in [-0.15, -0.1) is 0 Å². The van der Waals surface area contributed by atoms with Crippen LogP contribution in [0.15, 0.2) is 0 Å². The zero-order valence-electron chi connectivity index (χ0n) is 24.0. The van der Waals surface area contributed by atoms with Gasteiger partial charge in [-0.05, 0) is 64.5 Å². The monoisotopic (exact) mass is 569 g/mol. The molecule has 229 valence electrons. The molecule has 0 aromatic carbocycles. The van der Waals surface area contributed by atoms with E-state index in [0.29, 0.717) is 58.0 Å². The van der Waals surface area contributed by atoms with Crippen molar-refractivity contribution in [3.8, 4) is 0 Å². The Labute approximate surface area is 236 Å². The minimum absolute atomic E-state index is 0.134. The van der Waals surface area contributed by atoms with Gasteiger partial charge in [0.05, 0.1) is 12.1 Å². The Balaban J connectivity index is 5.48. The summed E-state index contributed by atoms with van der Waals surface area (Å²) in [5.41, 5.74) is 22.1. The van der Waals surface area contributed by atoms with Crippen LogP contribution in [0.5, 0.6) is 0 Å². The summed E-state index contributed by atoms with van der Waals surface area (Å²) in [7, 11) is 0. The van der Waals surface area contributed by atoms with Gasteiger partial charge >= 0.3 is 0 Å². The molecule has 14 heteroatoms. The average Bonchev–Trinajstić information content (AvgIpc) is 2.92. The van der Waals surface area contributed by atoms with Crippen LogP contribution >= 0.6 is 0 Å². The molecule has 14 nitrogen and oxygen atoms in total. The van der Waals surface area contributed by atoms with Gasteiger partial charge in [0.15, 0.2) is 0 Å². The van der Waals surface area contributed by atoms with Gasteiger partial charge in [-0.2, -0.15) is 0 Å². The maximum absolute atomic E-state index is 13.2. The summed E-state index contributed by atoms with van der Waals surface area (Å²) in [6.45, 7) is 5.95. The van der Waals surface area contributed by atoms with Crippen LogP contribution in [0.3, 0.4) is 0 Å². The van der Waals surface area contributed by atoms with Gasteiger partial charge in [-0.25, -0.2) is 0 Å². The number of nitrogens with one attached hydrogen (secondary N) is 4. The second-order valence-corrected chi connectivity index (χ2v) is 10.0. The molecule has 12 N–H and O–H groups in total. The van der Waals surface area contributed by atoms with Gasteiger partial charge in [-0.3, -0.25) is 28.8 Å². The maximum Gasteiger partial charge on any atom is 0.243 e. The lowest BCUT2D eigenvalue weighted by atomic mass is 9.96. The molecule has 0 rings (SSSR count). The zero-order chi connectivity index (χ0) is 30.7. The molecule has 5 amide bonds. The summed E-state index contributed by atoms with van der Waals surface area (Å²) in [6.07, 6.45) is 5.39. The molecule has 40 heavy (non-hydrogen) atoms. The van der Waals surface area contributed by atoms with E-state index in [1.165, 1.54) is 6.92 Å². The summed E-state index contributed by atoms with van der Waals surface area (Å²) in [6, 6.07) is -4.98. The van der Waals surface area contributed by atoms with Gasteiger partial charge in [0.25, 0.3) is 0 Å². The Morgan fingerprint density at radius 3 is 1.88 bits per heavy atom. The molecule has 6 atom stereocenters. The summed E-state index contributed by atoms with van der Waals surface area (Å²) >= 11 is 0. The molecule has 0 aliphatic rings. The Morgan fingerprint density at radius 1 is 0.750 bits per heavy atom. The van der Waals surface area contributed by atoms with Crippen molar-refractivity contribution in [2.24, 2.45) is 28.9 Å². The van der Waals surface area contributed by atoms with Crippen LogP contribution in [0.2, 0.25) is 0 Å². The van der Waals surface area contributed by atoms with Crippen LogP contribution in [0.25, 0.3) is 0 Å². The van der Waals surface area contributed by atoms with Crippen molar-refractivity contribution < 1.29 is 28.8 Å². The lowest BCUT2D eigenvalue weighted by Gasteiger charge is -2.28. The van der Waals surface area contributed by atoms with Gasteiger partial charge in [-0.1, -0.05) is 26.7 Å². The van der Waals surface area contributed by atoms with Crippen molar-refractivity contribution in [3.05, 3.63) is 0 Å². The number of hydrogen-bond donors (Lipinski definition) is 8. The third kappa shape index (κ3) is 14.9. The van der Waals surface area contributed by atoms with Gasteiger partial charge in [0.2, 0.25) is 35.8 Å². The molecule has 0 aliphatic carbocycles. The SMILES string of the molecule is CCC(C)[C@H](NC(=O)[C@H](CCC(N)=O)NC(=O)[C@H](C)NC(=O)C(N)CCCCN)C(=O)N[C@H]([C]=O)CCCCN. The summed E-state index contributed by atoms with van der Waals surface area (Å²) in [4.78, 5) is 74.2. The fourth-order valence-corrected chi connectivity index (χ4v) is 3.75. The largest absolute Gasteiger partial charge is 0.370 e. The number of carbonyl (C=O) groups excluding carboxylic acids is 6. The molecule has 0 fully saturated rings. The van der Waals surface area contributed by atoms with Crippen molar-refractivity contribution >= 4 is 35.8 Å². The van der Waals surface area contributed by atoms with E-state index in [1.807, 2.05) is 6.92 Å². The molecular weight excluding hydrogens is 520 g/mol. The predicted molar refractivity (Wildman–Crippen MR) is 151 cm³/mol. The highest BCUT2D eigenvalue weighted by atomic mass is 16.2. The van der Waals surface area contributed by atoms with Crippen LogP contribution in [-0.2, 0) is 28.8 Å². The minimum atomic E-state index is -1.23. The topological polar surface area (TPSA) is 255 Å². The molecule has 0 aromatic heterocycles. The highest BCUT2D eigenvalue weighted by molar-refractivity contribution is 5.95. The van der Waals surface area contributed by atoms with Crippen molar-refractivity contribution in [1.29, 1.82) is 0 Å². The minimum Gasteiger partial charge on any atom is -0.370 e. The first-order valence-corrected chi connectivity index (χ1v) is 13.9.